The minimum Gasteiger partial charge on any atom is -0.508 e. The molecule has 0 amide bonds. The zero-order valence-electron chi connectivity index (χ0n) is 11.5. The van der Waals surface area contributed by atoms with Gasteiger partial charge in [-0.2, -0.15) is 0 Å². The van der Waals surface area contributed by atoms with Crippen molar-refractivity contribution in [3.63, 3.8) is 0 Å². The van der Waals surface area contributed by atoms with Gasteiger partial charge in [0.1, 0.15) is 11.6 Å². The zero-order chi connectivity index (χ0) is 15.4. The summed E-state index contributed by atoms with van der Waals surface area (Å²) in [7, 11) is 0. The van der Waals surface area contributed by atoms with Gasteiger partial charge in [0, 0.05) is 27.1 Å². The molecule has 0 aromatic heterocycles. The monoisotopic (exact) mass is 415 g/mol. The largest absolute Gasteiger partial charge is 0.508 e. The zero-order valence-corrected chi connectivity index (χ0v) is 14.7. The number of phenols is 1. The van der Waals surface area contributed by atoms with Crippen LogP contribution in [0, 0.1) is 5.82 Å². The van der Waals surface area contributed by atoms with E-state index in [0.29, 0.717) is 6.54 Å². The summed E-state index contributed by atoms with van der Waals surface area (Å²) >= 11 is 6.84. The van der Waals surface area contributed by atoms with E-state index in [0.717, 1.165) is 26.5 Å². The van der Waals surface area contributed by atoms with Gasteiger partial charge in [-0.25, -0.2) is 4.39 Å². The predicted octanol–water partition coefficient (Wildman–Crippen LogP) is 5.30. The Balaban J connectivity index is 2.16. The molecule has 5 heteroatoms. The van der Waals surface area contributed by atoms with Crippen molar-refractivity contribution in [3.05, 3.63) is 62.3 Å². The number of halogens is 3. The second kappa shape index (κ2) is 7.38. The molecule has 0 saturated carbocycles. The van der Waals surface area contributed by atoms with E-state index in [-0.39, 0.29) is 17.6 Å². The van der Waals surface area contributed by atoms with Crippen molar-refractivity contribution in [1.29, 1.82) is 0 Å². The molecule has 0 heterocycles. The van der Waals surface area contributed by atoms with Crippen LogP contribution in [0.1, 0.15) is 30.5 Å². The summed E-state index contributed by atoms with van der Waals surface area (Å²) in [5.74, 6) is 0.00390. The maximum absolute atomic E-state index is 13.3. The van der Waals surface area contributed by atoms with E-state index in [4.69, 9.17) is 0 Å². The Kier molecular flexibility index (Phi) is 5.79. The summed E-state index contributed by atoms with van der Waals surface area (Å²) in [6.45, 7) is 2.56. The number of rotatable bonds is 5. The quantitative estimate of drug-likeness (QED) is 0.693. The Morgan fingerprint density at radius 1 is 1.19 bits per heavy atom. The molecule has 1 atom stereocenters. The second-order valence-electron chi connectivity index (χ2n) is 4.78. The molecule has 21 heavy (non-hydrogen) atoms. The first-order valence-corrected chi connectivity index (χ1v) is 8.25. The minimum absolute atomic E-state index is 0.00216. The second-order valence-corrected chi connectivity index (χ2v) is 6.55. The highest BCUT2D eigenvalue weighted by Gasteiger charge is 2.14. The maximum atomic E-state index is 13.3. The molecular weight excluding hydrogens is 401 g/mol. The van der Waals surface area contributed by atoms with E-state index in [1.165, 1.54) is 12.1 Å². The Morgan fingerprint density at radius 2 is 1.95 bits per heavy atom. The summed E-state index contributed by atoms with van der Waals surface area (Å²) in [5.41, 5.74) is 1.68. The van der Waals surface area contributed by atoms with Gasteiger partial charge in [0.05, 0.1) is 0 Å². The molecule has 0 spiro atoms. The molecule has 0 aliphatic rings. The number of benzene rings is 2. The van der Waals surface area contributed by atoms with Crippen LogP contribution in [-0.4, -0.2) is 5.11 Å². The van der Waals surface area contributed by atoms with Crippen molar-refractivity contribution < 1.29 is 9.50 Å². The third kappa shape index (κ3) is 4.28. The molecule has 1 unspecified atom stereocenters. The summed E-state index contributed by atoms with van der Waals surface area (Å²) in [6.07, 6.45) is 0.816. The first-order chi connectivity index (χ1) is 10.0. The Bertz CT molecular complexity index is 634. The molecule has 2 nitrogen and oxygen atoms in total. The molecule has 2 N–H and O–H groups in total. The van der Waals surface area contributed by atoms with E-state index in [1.54, 1.807) is 18.2 Å². The van der Waals surface area contributed by atoms with E-state index in [9.17, 15) is 9.50 Å². The summed E-state index contributed by atoms with van der Waals surface area (Å²) in [5, 5.41) is 13.4. The number of phenolic OH excluding ortho intramolecular Hbond substituents is 1. The van der Waals surface area contributed by atoms with Crippen LogP contribution < -0.4 is 5.32 Å². The highest BCUT2D eigenvalue weighted by atomic mass is 79.9. The van der Waals surface area contributed by atoms with Gasteiger partial charge in [0.25, 0.3) is 0 Å². The molecule has 2 aromatic carbocycles. The van der Waals surface area contributed by atoms with Gasteiger partial charge in [-0.15, -0.1) is 0 Å². The average molecular weight is 417 g/mol. The highest BCUT2D eigenvalue weighted by Crippen LogP contribution is 2.30. The van der Waals surface area contributed by atoms with Crippen LogP contribution >= 0.6 is 31.9 Å². The van der Waals surface area contributed by atoms with Crippen LogP contribution in [0.4, 0.5) is 4.39 Å². The van der Waals surface area contributed by atoms with Crippen LogP contribution in [0.5, 0.6) is 5.75 Å². The van der Waals surface area contributed by atoms with Crippen molar-refractivity contribution in [2.75, 3.05) is 0 Å². The number of hydrogen-bond donors (Lipinski definition) is 2. The summed E-state index contributed by atoms with van der Waals surface area (Å²) in [4.78, 5) is 0. The third-order valence-corrected chi connectivity index (χ3v) is 4.59. The molecule has 112 valence electrons. The lowest BCUT2D eigenvalue weighted by atomic mass is 10.0. The van der Waals surface area contributed by atoms with Gasteiger partial charge in [0.2, 0.25) is 0 Å². The standard InChI is InChI=1S/C16H16Br2FNO/c1-2-15(13-8-11(17)3-6-16(13)21)20-9-10-7-12(19)4-5-14(10)18/h3-8,15,20-21H,2,9H2,1H3. The fourth-order valence-corrected chi connectivity index (χ4v) is 2.96. The maximum Gasteiger partial charge on any atom is 0.123 e. The lowest BCUT2D eigenvalue weighted by molar-refractivity contribution is 0.440. The van der Waals surface area contributed by atoms with Gasteiger partial charge >= 0.3 is 0 Å². The molecular formula is C16H16Br2FNO. The molecule has 0 bridgehead atoms. The fraction of sp³-hybridized carbons (Fsp3) is 0.250. The minimum atomic E-state index is -0.256. The first kappa shape index (κ1) is 16.5. The SMILES string of the molecule is CCC(NCc1cc(F)ccc1Br)c1cc(Br)ccc1O. The lowest BCUT2D eigenvalue weighted by Gasteiger charge is -2.19. The van der Waals surface area contributed by atoms with Gasteiger partial charge in [-0.1, -0.05) is 38.8 Å². The number of aromatic hydroxyl groups is 1. The van der Waals surface area contributed by atoms with Crippen molar-refractivity contribution in [2.24, 2.45) is 0 Å². The van der Waals surface area contributed by atoms with E-state index < -0.39 is 0 Å². The van der Waals surface area contributed by atoms with Gasteiger partial charge in [-0.3, -0.25) is 0 Å². The van der Waals surface area contributed by atoms with E-state index >= 15 is 0 Å². The Morgan fingerprint density at radius 3 is 2.67 bits per heavy atom. The van der Waals surface area contributed by atoms with Crippen LogP contribution in [-0.2, 0) is 6.54 Å². The van der Waals surface area contributed by atoms with Crippen LogP contribution in [0.15, 0.2) is 45.3 Å². The molecule has 2 aromatic rings. The van der Waals surface area contributed by atoms with E-state index in [1.807, 2.05) is 13.0 Å². The highest BCUT2D eigenvalue weighted by molar-refractivity contribution is 9.10. The first-order valence-electron chi connectivity index (χ1n) is 6.67. The summed E-state index contributed by atoms with van der Waals surface area (Å²) in [6, 6.07) is 9.99. The topological polar surface area (TPSA) is 32.3 Å². The van der Waals surface area contributed by atoms with Crippen molar-refractivity contribution in [1.82, 2.24) is 5.32 Å². The molecule has 0 radical (unpaired) electrons. The van der Waals surface area contributed by atoms with Crippen LogP contribution in [0.3, 0.4) is 0 Å². The number of hydrogen-bond acceptors (Lipinski definition) is 2. The van der Waals surface area contributed by atoms with Gasteiger partial charge < -0.3 is 10.4 Å². The van der Waals surface area contributed by atoms with Gasteiger partial charge in [-0.05, 0) is 48.4 Å². The van der Waals surface area contributed by atoms with Crippen molar-refractivity contribution >= 4 is 31.9 Å². The average Bonchev–Trinajstić information content (AvgIpc) is 2.46. The van der Waals surface area contributed by atoms with Crippen molar-refractivity contribution in [2.45, 2.75) is 25.9 Å². The van der Waals surface area contributed by atoms with E-state index in [2.05, 4.69) is 37.2 Å². The fourth-order valence-electron chi connectivity index (χ4n) is 2.19. The lowest BCUT2D eigenvalue weighted by Crippen LogP contribution is -2.20. The normalized spacial score (nSPS) is 12.4. The Labute approximate surface area is 140 Å². The smallest absolute Gasteiger partial charge is 0.123 e. The molecule has 0 aliphatic carbocycles. The van der Waals surface area contributed by atoms with Crippen molar-refractivity contribution in [3.8, 4) is 5.75 Å². The molecule has 0 aliphatic heterocycles. The Hall–Kier alpha value is -0.910. The predicted molar refractivity (Wildman–Crippen MR) is 89.8 cm³/mol. The molecule has 2 rings (SSSR count). The van der Waals surface area contributed by atoms with Crippen LogP contribution in [0.25, 0.3) is 0 Å². The molecule has 0 saturated heterocycles. The van der Waals surface area contributed by atoms with Crippen LogP contribution in [0.2, 0.25) is 0 Å². The number of nitrogens with one attached hydrogen (secondary N) is 1. The molecule has 0 fully saturated rings. The third-order valence-electron chi connectivity index (χ3n) is 3.32. The van der Waals surface area contributed by atoms with Gasteiger partial charge in [0.15, 0.2) is 0 Å². The summed E-state index contributed by atoms with van der Waals surface area (Å²) < 4.78 is 15.1.